The van der Waals surface area contributed by atoms with Crippen LogP contribution in [0, 0.1) is 11.3 Å². The highest BCUT2D eigenvalue weighted by Gasteiger charge is 2.30. The van der Waals surface area contributed by atoms with Gasteiger partial charge in [0, 0.05) is 0 Å². The summed E-state index contributed by atoms with van der Waals surface area (Å²) in [5.41, 5.74) is -1.11. The van der Waals surface area contributed by atoms with E-state index in [1.54, 1.807) is 6.92 Å². The number of hydrogen-bond acceptors (Lipinski definition) is 4. The van der Waals surface area contributed by atoms with Gasteiger partial charge < -0.3 is 0 Å². The van der Waals surface area contributed by atoms with Crippen LogP contribution >= 0.6 is 38.9 Å². The lowest BCUT2D eigenvalue weighted by atomic mass is 10.0. The molecule has 1 heterocycles. The summed E-state index contributed by atoms with van der Waals surface area (Å²) < 4.78 is 27.0. The molecule has 0 amide bonds. The molecule has 0 aliphatic rings. The van der Waals surface area contributed by atoms with E-state index in [0.717, 1.165) is 11.3 Å². The Morgan fingerprint density at radius 3 is 2.65 bits per heavy atom. The van der Waals surface area contributed by atoms with E-state index < -0.39 is 15.6 Å². The molecule has 0 aliphatic heterocycles. The Morgan fingerprint density at radius 1 is 1.71 bits per heavy atom. The van der Waals surface area contributed by atoms with Crippen LogP contribution in [0.3, 0.4) is 0 Å². The Morgan fingerprint density at radius 2 is 2.29 bits per heavy atom. The van der Waals surface area contributed by atoms with E-state index in [9.17, 15) is 8.42 Å². The lowest BCUT2D eigenvalue weighted by Gasteiger charge is -2.20. The van der Waals surface area contributed by atoms with Gasteiger partial charge in [-0.05, 0) is 35.3 Å². The van der Waals surface area contributed by atoms with Crippen LogP contribution in [0.2, 0.25) is 5.02 Å². The molecule has 1 aromatic rings. The van der Waals surface area contributed by atoms with Crippen molar-refractivity contribution in [3.8, 4) is 6.07 Å². The normalized spacial score (nSPS) is 15.2. The molecule has 1 aromatic heterocycles. The fourth-order valence-corrected chi connectivity index (χ4v) is 4.77. The van der Waals surface area contributed by atoms with Gasteiger partial charge in [0.2, 0.25) is 0 Å². The molecular weight excluding hydrogens is 348 g/mol. The van der Waals surface area contributed by atoms with Crippen molar-refractivity contribution in [3.05, 3.63) is 14.9 Å². The number of rotatable bonds is 4. The van der Waals surface area contributed by atoms with Gasteiger partial charge in [0.15, 0.2) is 0 Å². The van der Waals surface area contributed by atoms with Crippen molar-refractivity contribution >= 4 is 48.9 Å². The number of nitriles is 1. The minimum Gasteiger partial charge on any atom is -0.206 e. The summed E-state index contributed by atoms with van der Waals surface area (Å²) in [4.78, 5) is 0. The minimum atomic E-state index is -3.71. The Bertz CT molecular complexity index is 545. The maximum atomic E-state index is 12.0. The van der Waals surface area contributed by atoms with Crippen LogP contribution in [-0.4, -0.2) is 14.0 Å². The molecule has 1 atom stereocenters. The third kappa shape index (κ3) is 3.42. The Labute approximate surface area is 118 Å². The average molecular weight is 358 g/mol. The first kappa shape index (κ1) is 14.9. The van der Waals surface area contributed by atoms with E-state index in [0.29, 0.717) is 15.2 Å². The summed E-state index contributed by atoms with van der Waals surface area (Å²) in [5.74, 6) is 0. The third-order valence-corrected chi connectivity index (χ3v) is 6.75. The van der Waals surface area contributed by atoms with Crippen LogP contribution in [0.15, 0.2) is 14.1 Å². The van der Waals surface area contributed by atoms with E-state index in [4.69, 9.17) is 16.9 Å². The molecule has 1 unspecified atom stereocenters. The minimum absolute atomic E-state index is 0.0873. The van der Waals surface area contributed by atoms with Crippen LogP contribution in [0.25, 0.3) is 0 Å². The second-order valence-corrected chi connectivity index (χ2v) is 8.28. The van der Waals surface area contributed by atoms with Crippen molar-refractivity contribution in [2.75, 3.05) is 0 Å². The largest absolute Gasteiger partial charge is 0.251 e. The van der Waals surface area contributed by atoms with Crippen molar-refractivity contribution < 1.29 is 8.42 Å². The average Bonchev–Trinajstić information content (AvgIpc) is 2.59. The Hall–Kier alpha value is -0.130. The van der Waals surface area contributed by atoms with E-state index in [-0.39, 0.29) is 4.21 Å². The second kappa shape index (κ2) is 5.24. The number of thiophene rings is 1. The van der Waals surface area contributed by atoms with Gasteiger partial charge in [0.25, 0.3) is 10.0 Å². The maximum Gasteiger partial charge on any atom is 0.251 e. The predicted molar refractivity (Wildman–Crippen MR) is 71.7 cm³/mol. The fraction of sp³-hybridized carbons (Fsp3) is 0.444. The third-order valence-electron chi connectivity index (χ3n) is 2.20. The first-order valence-electron chi connectivity index (χ1n) is 4.64. The molecule has 94 valence electrons. The Kier molecular flexibility index (Phi) is 4.60. The van der Waals surface area contributed by atoms with Crippen LogP contribution < -0.4 is 4.72 Å². The summed E-state index contributed by atoms with van der Waals surface area (Å²) in [7, 11) is -3.71. The first-order valence-corrected chi connectivity index (χ1v) is 8.11. The second-order valence-electron chi connectivity index (χ2n) is 3.59. The quantitative estimate of drug-likeness (QED) is 0.900. The zero-order chi connectivity index (χ0) is 13.3. The number of nitrogens with zero attached hydrogens (tertiary/aromatic N) is 1. The molecule has 0 bridgehead atoms. The van der Waals surface area contributed by atoms with Crippen molar-refractivity contribution in [3.63, 3.8) is 0 Å². The van der Waals surface area contributed by atoms with Gasteiger partial charge in [-0.2, -0.15) is 9.98 Å². The topological polar surface area (TPSA) is 70.0 Å². The first-order chi connectivity index (χ1) is 7.74. The highest BCUT2D eigenvalue weighted by atomic mass is 79.9. The van der Waals surface area contributed by atoms with Gasteiger partial charge >= 0.3 is 0 Å². The van der Waals surface area contributed by atoms with Gasteiger partial charge in [-0.3, -0.25) is 0 Å². The summed E-state index contributed by atoms with van der Waals surface area (Å²) >= 11 is 9.94. The fourth-order valence-electron chi connectivity index (χ4n) is 0.980. The van der Waals surface area contributed by atoms with Crippen LogP contribution in [0.4, 0.5) is 0 Å². The van der Waals surface area contributed by atoms with E-state index >= 15 is 0 Å². The summed E-state index contributed by atoms with van der Waals surface area (Å²) in [5, 5.41) is 9.28. The molecule has 4 nitrogen and oxygen atoms in total. The summed E-state index contributed by atoms with van der Waals surface area (Å²) in [6.45, 7) is 3.28. The van der Waals surface area contributed by atoms with Crippen molar-refractivity contribution in [1.29, 1.82) is 5.26 Å². The standard InChI is InChI=1S/C9H10BrClN2O2S2/c1-3-9(2,5-12)13-17(14,15)7-4-6(11)8(10)16-7/h4,13H,3H2,1-2H3. The van der Waals surface area contributed by atoms with Crippen molar-refractivity contribution in [2.24, 2.45) is 0 Å². The van der Waals surface area contributed by atoms with E-state index in [1.807, 2.05) is 6.07 Å². The zero-order valence-corrected chi connectivity index (χ0v) is 13.1. The highest BCUT2D eigenvalue weighted by Crippen LogP contribution is 2.34. The molecule has 8 heteroatoms. The van der Waals surface area contributed by atoms with Crippen LogP contribution in [0.5, 0.6) is 0 Å². The smallest absolute Gasteiger partial charge is 0.206 e. The highest BCUT2D eigenvalue weighted by molar-refractivity contribution is 9.11. The number of halogens is 2. The molecule has 0 spiro atoms. The summed E-state index contributed by atoms with van der Waals surface area (Å²) in [6.07, 6.45) is 0.378. The molecule has 0 saturated heterocycles. The van der Waals surface area contributed by atoms with Crippen LogP contribution in [0.1, 0.15) is 20.3 Å². The van der Waals surface area contributed by atoms with E-state index in [1.165, 1.54) is 13.0 Å². The lowest BCUT2D eigenvalue weighted by Crippen LogP contribution is -2.43. The lowest BCUT2D eigenvalue weighted by molar-refractivity contribution is 0.496. The predicted octanol–water partition coefficient (Wildman–Crippen LogP) is 3.13. The molecule has 17 heavy (non-hydrogen) atoms. The van der Waals surface area contributed by atoms with Gasteiger partial charge in [-0.1, -0.05) is 18.5 Å². The SMILES string of the molecule is CCC(C)(C#N)NS(=O)(=O)c1cc(Cl)c(Br)s1. The molecule has 0 saturated carbocycles. The molecule has 1 rings (SSSR count). The molecule has 0 fully saturated rings. The summed E-state index contributed by atoms with van der Waals surface area (Å²) in [6, 6.07) is 3.30. The van der Waals surface area contributed by atoms with Gasteiger partial charge in [-0.15, -0.1) is 11.3 Å². The number of hydrogen-bond donors (Lipinski definition) is 1. The molecule has 0 aromatic carbocycles. The molecule has 0 radical (unpaired) electrons. The molecular formula is C9H10BrClN2O2S2. The zero-order valence-electron chi connectivity index (χ0n) is 9.12. The van der Waals surface area contributed by atoms with E-state index in [2.05, 4.69) is 20.7 Å². The van der Waals surface area contributed by atoms with Gasteiger partial charge in [-0.25, -0.2) is 8.42 Å². The van der Waals surface area contributed by atoms with Crippen LogP contribution in [-0.2, 0) is 10.0 Å². The van der Waals surface area contributed by atoms with Gasteiger partial charge in [0.1, 0.15) is 9.75 Å². The molecule has 0 aliphatic carbocycles. The number of nitrogens with one attached hydrogen (secondary N) is 1. The van der Waals surface area contributed by atoms with Crippen molar-refractivity contribution in [1.82, 2.24) is 4.72 Å². The Balaban J connectivity index is 3.10. The molecule has 1 N–H and O–H groups in total. The van der Waals surface area contributed by atoms with Gasteiger partial charge in [0.05, 0.1) is 14.9 Å². The van der Waals surface area contributed by atoms with Crippen molar-refractivity contribution in [2.45, 2.75) is 30.0 Å². The monoisotopic (exact) mass is 356 g/mol. The number of sulfonamides is 1. The maximum absolute atomic E-state index is 12.0.